The first kappa shape index (κ1) is 12.6. The summed E-state index contributed by atoms with van der Waals surface area (Å²) in [5.41, 5.74) is 7.39. The number of quaternary nitrogens is 1. The zero-order chi connectivity index (χ0) is 13.0. The monoisotopic (exact) mass is 248 g/mol. The van der Waals surface area contributed by atoms with Gasteiger partial charge in [-0.1, -0.05) is 24.3 Å². The fraction of sp³-hybridized carbons (Fsp3) is 0.385. The molecule has 5 nitrogen and oxygen atoms in total. The minimum absolute atomic E-state index is 0.153. The average molecular weight is 248 g/mol. The second kappa shape index (κ2) is 5.64. The molecule has 3 N–H and O–H groups in total. The molecule has 1 aliphatic heterocycles. The van der Waals surface area contributed by atoms with Crippen LogP contribution in [0.25, 0.3) is 0 Å². The lowest BCUT2D eigenvalue weighted by atomic mass is 10.00. The van der Waals surface area contributed by atoms with Gasteiger partial charge >= 0.3 is 0 Å². The van der Waals surface area contributed by atoms with Gasteiger partial charge in [0.05, 0.1) is 6.54 Å². The van der Waals surface area contributed by atoms with Gasteiger partial charge in [-0.2, -0.15) is 0 Å². The Labute approximate surface area is 106 Å². The lowest BCUT2D eigenvalue weighted by Crippen LogP contribution is -3.13. The molecule has 1 heterocycles. The van der Waals surface area contributed by atoms with Crippen molar-refractivity contribution in [3.05, 3.63) is 35.4 Å². The Kier molecular flexibility index (Phi) is 3.94. The lowest BCUT2D eigenvalue weighted by molar-refractivity contribution is -0.908. The van der Waals surface area contributed by atoms with Crippen LogP contribution >= 0.6 is 0 Å². The standard InChI is InChI=1S/C13H17N3O2/c1-10(17)14-15-13(18)9-16-7-6-11-4-2-3-5-12(11)8-16/h2-5H,6-9H2,1H3,(H,14,17)(H,15,18)/p+1. The van der Waals surface area contributed by atoms with Crippen LogP contribution in [-0.2, 0) is 22.6 Å². The fourth-order valence-electron chi connectivity index (χ4n) is 2.22. The Morgan fingerprint density at radius 3 is 2.67 bits per heavy atom. The largest absolute Gasteiger partial charge is 0.323 e. The highest BCUT2D eigenvalue weighted by Gasteiger charge is 2.21. The number of amides is 2. The van der Waals surface area contributed by atoms with Crippen molar-refractivity contribution in [3.63, 3.8) is 0 Å². The number of carbonyl (C=O) groups is 2. The normalized spacial score (nSPS) is 17.7. The molecule has 0 spiro atoms. The van der Waals surface area contributed by atoms with E-state index >= 15 is 0 Å². The molecule has 2 rings (SSSR count). The molecule has 96 valence electrons. The molecule has 2 amide bonds. The van der Waals surface area contributed by atoms with E-state index < -0.39 is 0 Å². The first-order valence-electron chi connectivity index (χ1n) is 6.11. The maximum Gasteiger partial charge on any atom is 0.293 e. The molecule has 1 aliphatic rings. The molecule has 0 bridgehead atoms. The van der Waals surface area contributed by atoms with Crippen molar-refractivity contribution in [3.8, 4) is 0 Å². The van der Waals surface area contributed by atoms with E-state index in [-0.39, 0.29) is 11.8 Å². The van der Waals surface area contributed by atoms with Gasteiger partial charge in [-0.05, 0) is 5.56 Å². The van der Waals surface area contributed by atoms with E-state index in [0.29, 0.717) is 6.54 Å². The number of rotatable bonds is 2. The van der Waals surface area contributed by atoms with Crippen molar-refractivity contribution in [1.29, 1.82) is 0 Å². The average Bonchev–Trinajstić information content (AvgIpc) is 2.36. The van der Waals surface area contributed by atoms with Gasteiger partial charge in [0, 0.05) is 18.9 Å². The third kappa shape index (κ3) is 3.30. The predicted molar refractivity (Wildman–Crippen MR) is 66.5 cm³/mol. The molecule has 1 aromatic carbocycles. The Morgan fingerprint density at radius 2 is 1.94 bits per heavy atom. The third-order valence-corrected chi connectivity index (χ3v) is 3.10. The number of hydrazine groups is 1. The maximum absolute atomic E-state index is 11.6. The van der Waals surface area contributed by atoms with E-state index in [1.165, 1.54) is 23.0 Å². The van der Waals surface area contributed by atoms with Crippen LogP contribution in [0, 0.1) is 0 Å². The summed E-state index contributed by atoms with van der Waals surface area (Å²) >= 11 is 0. The summed E-state index contributed by atoms with van der Waals surface area (Å²) in [6.45, 7) is 3.56. The van der Waals surface area contributed by atoms with Crippen LogP contribution in [0.5, 0.6) is 0 Å². The van der Waals surface area contributed by atoms with Crippen LogP contribution in [0.2, 0.25) is 0 Å². The van der Waals surface area contributed by atoms with Gasteiger partial charge in [0.15, 0.2) is 6.54 Å². The molecule has 0 aromatic heterocycles. The summed E-state index contributed by atoms with van der Waals surface area (Å²) in [6, 6.07) is 8.33. The van der Waals surface area contributed by atoms with Crippen LogP contribution in [0.1, 0.15) is 18.1 Å². The third-order valence-electron chi connectivity index (χ3n) is 3.10. The number of nitrogens with one attached hydrogen (secondary N) is 3. The zero-order valence-electron chi connectivity index (χ0n) is 10.5. The van der Waals surface area contributed by atoms with E-state index in [1.54, 1.807) is 0 Å². The van der Waals surface area contributed by atoms with E-state index in [4.69, 9.17) is 0 Å². The highest BCUT2D eigenvalue weighted by atomic mass is 16.2. The smallest absolute Gasteiger partial charge is 0.293 e. The fourth-order valence-corrected chi connectivity index (χ4v) is 2.22. The highest BCUT2D eigenvalue weighted by Crippen LogP contribution is 2.09. The van der Waals surface area contributed by atoms with E-state index in [1.807, 2.05) is 12.1 Å². The van der Waals surface area contributed by atoms with E-state index in [2.05, 4.69) is 23.0 Å². The number of fused-ring (bicyclic) bond motifs is 1. The molecule has 0 fully saturated rings. The lowest BCUT2D eigenvalue weighted by Gasteiger charge is -2.25. The summed E-state index contributed by atoms with van der Waals surface area (Å²) in [4.78, 5) is 23.5. The number of hydrogen-bond donors (Lipinski definition) is 3. The molecule has 1 atom stereocenters. The zero-order valence-corrected chi connectivity index (χ0v) is 10.5. The summed E-state index contributed by atoms with van der Waals surface area (Å²) in [5.74, 6) is -0.415. The van der Waals surface area contributed by atoms with Crippen LogP contribution < -0.4 is 15.8 Å². The first-order valence-corrected chi connectivity index (χ1v) is 6.11. The summed E-state index contributed by atoms with van der Waals surface area (Å²) in [6.07, 6.45) is 0.999. The van der Waals surface area contributed by atoms with Crippen LogP contribution in [0.3, 0.4) is 0 Å². The van der Waals surface area contributed by atoms with Crippen LogP contribution in [0.4, 0.5) is 0 Å². The number of benzene rings is 1. The molecule has 18 heavy (non-hydrogen) atoms. The van der Waals surface area contributed by atoms with Gasteiger partial charge in [0.25, 0.3) is 5.91 Å². The minimum atomic E-state index is -0.262. The van der Waals surface area contributed by atoms with Gasteiger partial charge in [0.2, 0.25) is 5.91 Å². The molecule has 0 saturated heterocycles. The second-order valence-corrected chi connectivity index (χ2v) is 4.60. The van der Waals surface area contributed by atoms with Gasteiger partial charge in [-0.25, -0.2) is 0 Å². The molecule has 0 saturated carbocycles. The Morgan fingerprint density at radius 1 is 1.22 bits per heavy atom. The highest BCUT2D eigenvalue weighted by molar-refractivity contribution is 5.81. The number of carbonyl (C=O) groups excluding carboxylic acids is 2. The van der Waals surface area contributed by atoms with Crippen molar-refractivity contribution in [2.45, 2.75) is 19.9 Å². The van der Waals surface area contributed by atoms with Crippen molar-refractivity contribution < 1.29 is 14.5 Å². The topological polar surface area (TPSA) is 62.6 Å². The Hall–Kier alpha value is -1.88. The summed E-state index contributed by atoms with van der Waals surface area (Å²) in [5, 5.41) is 0. The van der Waals surface area contributed by atoms with E-state index in [0.717, 1.165) is 19.5 Å². The molecule has 0 aliphatic carbocycles. The van der Waals surface area contributed by atoms with Gasteiger partial charge in [-0.15, -0.1) is 0 Å². The first-order chi connectivity index (χ1) is 8.65. The second-order valence-electron chi connectivity index (χ2n) is 4.60. The molecule has 0 radical (unpaired) electrons. The van der Waals surface area contributed by atoms with Crippen molar-refractivity contribution in [2.24, 2.45) is 0 Å². The van der Waals surface area contributed by atoms with Crippen LogP contribution in [0.15, 0.2) is 24.3 Å². The minimum Gasteiger partial charge on any atom is -0.323 e. The van der Waals surface area contributed by atoms with Crippen molar-refractivity contribution in [1.82, 2.24) is 10.9 Å². The summed E-state index contributed by atoms with van der Waals surface area (Å²) < 4.78 is 0. The van der Waals surface area contributed by atoms with Gasteiger partial charge < -0.3 is 4.90 Å². The quantitative estimate of drug-likeness (QED) is 0.575. The molecule has 1 unspecified atom stereocenters. The predicted octanol–water partition coefficient (Wildman–Crippen LogP) is -1.21. The van der Waals surface area contributed by atoms with E-state index in [9.17, 15) is 9.59 Å². The maximum atomic E-state index is 11.6. The molecular weight excluding hydrogens is 230 g/mol. The molecular formula is C13H18N3O2+. The van der Waals surface area contributed by atoms with Crippen molar-refractivity contribution in [2.75, 3.05) is 13.1 Å². The SMILES string of the molecule is CC(=O)NNC(=O)C[NH+]1CCc2ccccc2C1. The van der Waals surface area contributed by atoms with Crippen molar-refractivity contribution >= 4 is 11.8 Å². The van der Waals surface area contributed by atoms with Crippen LogP contribution in [-0.4, -0.2) is 24.9 Å². The molecule has 5 heteroatoms. The van der Waals surface area contributed by atoms with Gasteiger partial charge in [0.1, 0.15) is 6.54 Å². The summed E-state index contributed by atoms with van der Waals surface area (Å²) in [7, 11) is 0. The number of hydrogen-bond acceptors (Lipinski definition) is 2. The Balaban J connectivity index is 1.86. The Bertz CT molecular complexity index is 459. The van der Waals surface area contributed by atoms with Gasteiger partial charge in [-0.3, -0.25) is 20.4 Å². The molecule has 1 aromatic rings.